The van der Waals surface area contributed by atoms with Crippen molar-refractivity contribution in [3.05, 3.63) is 0 Å². The van der Waals surface area contributed by atoms with Crippen LogP contribution < -0.4 is 0 Å². The number of aliphatic hydroxyl groups is 1. The average Bonchev–Trinajstić information content (AvgIpc) is 2.25. The quantitative estimate of drug-likeness (QED) is 0.692. The van der Waals surface area contributed by atoms with Gasteiger partial charge in [0.1, 0.15) is 5.78 Å². The van der Waals surface area contributed by atoms with E-state index in [1.54, 1.807) is 11.8 Å². The van der Waals surface area contributed by atoms with Crippen LogP contribution in [0, 0.1) is 5.92 Å². The van der Waals surface area contributed by atoms with Gasteiger partial charge in [0.15, 0.2) is 0 Å². The highest BCUT2D eigenvalue weighted by molar-refractivity contribution is 7.99. The SMILES string of the molecule is O=C(CSCCCO)C1CCCCC1. The van der Waals surface area contributed by atoms with Gasteiger partial charge in [-0.3, -0.25) is 4.79 Å². The topological polar surface area (TPSA) is 37.3 Å². The fourth-order valence-corrected chi connectivity index (χ4v) is 2.80. The van der Waals surface area contributed by atoms with Crippen LogP contribution in [-0.2, 0) is 4.79 Å². The summed E-state index contributed by atoms with van der Waals surface area (Å²) in [7, 11) is 0. The first-order valence-corrected chi connectivity index (χ1v) is 6.71. The maximum absolute atomic E-state index is 11.7. The van der Waals surface area contributed by atoms with Gasteiger partial charge >= 0.3 is 0 Å². The van der Waals surface area contributed by atoms with Crippen LogP contribution in [0.1, 0.15) is 38.5 Å². The molecule has 0 spiro atoms. The first kappa shape index (κ1) is 12.1. The summed E-state index contributed by atoms with van der Waals surface area (Å²) in [6.07, 6.45) is 6.80. The molecule has 3 heteroatoms. The van der Waals surface area contributed by atoms with Crippen LogP contribution in [0.15, 0.2) is 0 Å². The van der Waals surface area contributed by atoms with Crippen molar-refractivity contribution >= 4 is 17.5 Å². The monoisotopic (exact) mass is 216 g/mol. The minimum Gasteiger partial charge on any atom is -0.396 e. The number of hydrogen-bond acceptors (Lipinski definition) is 3. The Balaban J connectivity index is 2.07. The van der Waals surface area contributed by atoms with Crippen LogP contribution in [0.3, 0.4) is 0 Å². The van der Waals surface area contributed by atoms with E-state index in [-0.39, 0.29) is 6.61 Å². The summed E-state index contributed by atoms with van der Waals surface area (Å²) >= 11 is 1.67. The van der Waals surface area contributed by atoms with Crippen molar-refractivity contribution in [3.63, 3.8) is 0 Å². The van der Waals surface area contributed by atoms with Crippen LogP contribution in [0.25, 0.3) is 0 Å². The number of ketones is 1. The second kappa shape index (κ2) is 7.30. The highest BCUT2D eigenvalue weighted by atomic mass is 32.2. The van der Waals surface area contributed by atoms with Crippen LogP contribution in [0.2, 0.25) is 0 Å². The lowest BCUT2D eigenvalue weighted by Gasteiger charge is -2.19. The molecule has 0 aromatic rings. The van der Waals surface area contributed by atoms with E-state index in [0.29, 0.717) is 17.5 Å². The van der Waals surface area contributed by atoms with Gasteiger partial charge in [-0.05, 0) is 25.0 Å². The molecule has 82 valence electrons. The molecule has 0 amide bonds. The van der Waals surface area contributed by atoms with E-state index in [4.69, 9.17) is 5.11 Å². The Labute approximate surface area is 90.5 Å². The van der Waals surface area contributed by atoms with E-state index >= 15 is 0 Å². The van der Waals surface area contributed by atoms with Gasteiger partial charge in [0.2, 0.25) is 0 Å². The molecule has 0 saturated heterocycles. The average molecular weight is 216 g/mol. The summed E-state index contributed by atoms with van der Waals surface area (Å²) in [6.45, 7) is 0.241. The zero-order chi connectivity index (χ0) is 10.2. The fourth-order valence-electron chi connectivity index (χ4n) is 1.88. The summed E-state index contributed by atoms with van der Waals surface area (Å²) in [5, 5.41) is 8.58. The van der Waals surface area contributed by atoms with Crippen molar-refractivity contribution < 1.29 is 9.90 Å². The molecule has 2 nitrogen and oxygen atoms in total. The molecule has 0 radical (unpaired) electrons. The number of aliphatic hydroxyl groups excluding tert-OH is 1. The Hall–Kier alpha value is -0.0200. The molecule has 1 N–H and O–H groups in total. The van der Waals surface area contributed by atoms with E-state index in [1.165, 1.54) is 19.3 Å². The highest BCUT2D eigenvalue weighted by Crippen LogP contribution is 2.25. The molecule has 1 saturated carbocycles. The molecular weight excluding hydrogens is 196 g/mol. The Kier molecular flexibility index (Phi) is 6.28. The third-order valence-electron chi connectivity index (χ3n) is 2.75. The van der Waals surface area contributed by atoms with Gasteiger partial charge in [0.25, 0.3) is 0 Å². The summed E-state index contributed by atoms with van der Waals surface area (Å²) in [5.74, 6) is 2.36. The van der Waals surface area contributed by atoms with Gasteiger partial charge in [-0.25, -0.2) is 0 Å². The Morgan fingerprint density at radius 3 is 2.64 bits per heavy atom. The molecule has 1 rings (SSSR count). The standard InChI is InChI=1S/C11H20O2S/c12-7-4-8-14-9-11(13)10-5-2-1-3-6-10/h10,12H,1-9H2. The summed E-state index contributed by atoms with van der Waals surface area (Å²) in [5.41, 5.74) is 0. The number of hydrogen-bond donors (Lipinski definition) is 1. The van der Waals surface area contributed by atoms with Gasteiger partial charge in [0, 0.05) is 12.5 Å². The summed E-state index contributed by atoms with van der Waals surface area (Å²) in [6, 6.07) is 0. The summed E-state index contributed by atoms with van der Waals surface area (Å²) in [4.78, 5) is 11.7. The smallest absolute Gasteiger partial charge is 0.145 e. The number of rotatable bonds is 6. The third kappa shape index (κ3) is 4.47. The van der Waals surface area contributed by atoms with Crippen LogP contribution in [0.4, 0.5) is 0 Å². The number of Topliss-reactive ketones (excluding diaryl/α,β-unsaturated/α-hetero) is 1. The highest BCUT2D eigenvalue weighted by Gasteiger charge is 2.20. The summed E-state index contributed by atoms with van der Waals surface area (Å²) < 4.78 is 0. The van der Waals surface area contributed by atoms with Crippen molar-refractivity contribution in [1.82, 2.24) is 0 Å². The van der Waals surface area contributed by atoms with Crippen LogP contribution >= 0.6 is 11.8 Å². The second-order valence-corrected chi connectivity index (χ2v) is 5.04. The number of carbonyl (C=O) groups excluding carboxylic acids is 1. The predicted octanol–water partition coefficient (Wildman–Crippen LogP) is 2.25. The largest absolute Gasteiger partial charge is 0.396 e. The van der Waals surface area contributed by atoms with E-state index in [0.717, 1.165) is 25.0 Å². The molecule has 0 atom stereocenters. The molecule has 14 heavy (non-hydrogen) atoms. The molecule has 0 aromatic heterocycles. The van der Waals surface area contributed by atoms with Gasteiger partial charge in [-0.1, -0.05) is 19.3 Å². The zero-order valence-electron chi connectivity index (χ0n) is 8.71. The van der Waals surface area contributed by atoms with Crippen LogP contribution in [-0.4, -0.2) is 29.0 Å². The lowest BCUT2D eigenvalue weighted by Crippen LogP contribution is -2.19. The van der Waals surface area contributed by atoms with Gasteiger partial charge in [-0.15, -0.1) is 0 Å². The van der Waals surface area contributed by atoms with Crippen molar-refractivity contribution in [1.29, 1.82) is 0 Å². The Morgan fingerprint density at radius 2 is 2.00 bits per heavy atom. The molecule has 0 heterocycles. The fraction of sp³-hybridized carbons (Fsp3) is 0.909. The minimum absolute atomic E-state index is 0.241. The maximum Gasteiger partial charge on any atom is 0.145 e. The number of carbonyl (C=O) groups is 1. The van der Waals surface area contributed by atoms with Crippen molar-refractivity contribution in [2.45, 2.75) is 38.5 Å². The van der Waals surface area contributed by atoms with E-state index in [1.807, 2.05) is 0 Å². The predicted molar refractivity (Wildman–Crippen MR) is 60.6 cm³/mol. The first-order chi connectivity index (χ1) is 6.84. The van der Waals surface area contributed by atoms with Crippen molar-refractivity contribution in [2.24, 2.45) is 5.92 Å². The van der Waals surface area contributed by atoms with Crippen molar-refractivity contribution in [3.8, 4) is 0 Å². The molecule has 0 bridgehead atoms. The molecule has 1 aliphatic carbocycles. The van der Waals surface area contributed by atoms with Gasteiger partial charge < -0.3 is 5.11 Å². The second-order valence-electron chi connectivity index (χ2n) is 3.93. The Bertz CT molecular complexity index is 165. The number of thioether (sulfide) groups is 1. The zero-order valence-corrected chi connectivity index (χ0v) is 9.52. The minimum atomic E-state index is 0.241. The molecule has 0 aromatic carbocycles. The first-order valence-electron chi connectivity index (χ1n) is 5.56. The Morgan fingerprint density at radius 1 is 1.29 bits per heavy atom. The van der Waals surface area contributed by atoms with Crippen LogP contribution in [0.5, 0.6) is 0 Å². The molecule has 0 aliphatic heterocycles. The lowest BCUT2D eigenvalue weighted by molar-refractivity contribution is -0.121. The maximum atomic E-state index is 11.7. The third-order valence-corrected chi connectivity index (χ3v) is 3.82. The van der Waals surface area contributed by atoms with E-state index < -0.39 is 0 Å². The molecular formula is C11H20O2S. The van der Waals surface area contributed by atoms with Crippen molar-refractivity contribution in [2.75, 3.05) is 18.1 Å². The molecule has 1 fully saturated rings. The molecule has 1 aliphatic rings. The lowest BCUT2D eigenvalue weighted by atomic mass is 9.87. The van der Waals surface area contributed by atoms with E-state index in [2.05, 4.69) is 0 Å². The molecule has 0 unspecified atom stereocenters. The van der Waals surface area contributed by atoms with E-state index in [9.17, 15) is 4.79 Å². The van der Waals surface area contributed by atoms with Gasteiger partial charge in [-0.2, -0.15) is 11.8 Å². The normalized spacial score (nSPS) is 18.4. The van der Waals surface area contributed by atoms with Gasteiger partial charge in [0.05, 0.1) is 5.75 Å².